The van der Waals surface area contributed by atoms with Crippen molar-refractivity contribution in [2.45, 2.75) is 141 Å². The first-order chi connectivity index (χ1) is 34.8. The van der Waals surface area contributed by atoms with Crippen molar-refractivity contribution < 1.29 is 28.7 Å². The van der Waals surface area contributed by atoms with Crippen LogP contribution < -0.4 is 10.6 Å². The number of piperidine rings is 4. The number of aromatic nitrogens is 4. The standard InChI is InChI=1S/C58H68N8O6/c1-31(2)49(63-57(69)71-5)55(67)65-41-21-15-37(16-22-41)51(65)53-59-45-25-19-39(29-47(45)61-53)43-27-33-7-11-35(43)13-9-34-8-12-36(14-10-33)44(28-34)40-20-26-46-48(30-40)62-54(60-46)52-38-17-23-42(24-18-38)66(52)56(68)50(32(3)4)64-58(70)72-6/h7-8,11-12,19-20,25-32,37-38,41-42,49-52H,9-10,13-18,21-24H2,1-6H3,(H,59,61)(H,60,62)(H,63,69)(H,64,70)/t37?,38?,41?,42?,49-,50-,51-,52-/m0/s1. The van der Waals surface area contributed by atoms with Gasteiger partial charge in [-0.15, -0.1) is 0 Å². The molecule has 6 aliphatic carbocycles. The summed E-state index contributed by atoms with van der Waals surface area (Å²) in [4.78, 5) is 75.3. The summed E-state index contributed by atoms with van der Waals surface area (Å²) in [5.74, 6) is 1.84. The van der Waals surface area contributed by atoms with E-state index in [1.54, 1.807) is 0 Å². The fraction of sp³-hybridized carbons (Fsp3) is 0.483. The Hall–Kier alpha value is -6.70. The van der Waals surface area contributed by atoms with E-state index in [1.165, 1.54) is 47.6 Å². The monoisotopic (exact) mass is 973 g/mol. The first-order valence-electron chi connectivity index (χ1n) is 26.4. The Morgan fingerprint density at radius 2 is 0.944 bits per heavy atom. The maximum Gasteiger partial charge on any atom is 0.407 e. The number of H-pyrrole nitrogens is 2. The second kappa shape index (κ2) is 19.4. The molecule has 8 bridgehead atoms. The molecule has 0 spiro atoms. The molecule has 2 saturated carbocycles. The number of amides is 4. The number of aryl methyl sites for hydroxylation is 4. The van der Waals surface area contributed by atoms with E-state index in [0.29, 0.717) is 0 Å². The number of nitrogens with zero attached hydrogens (tertiary/aromatic N) is 4. The summed E-state index contributed by atoms with van der Waals surface area (Å²) in [6.07, 6.45) is 10.3. The molecular weight excluding hydrogens is 905 g/mol. The van der Waals surface area contributed by atoms with Crippen LogP contribution in [0.25, 0.3) is 44.3 Å². The van der Waals surface area contributed by atoms with Crippen LogP contribution in [0.5, 0.6) is 0 Å². The molecule has 14 nitrogen and oxygen atoms in total. The van der Waals surface area contributed by atoms with E-state index < -0.39 is 24.3 Å². The van der Waals surface area contributed by atoms with Crippen LogP contribution in [0.3, 0.4) is 0 Å². The number of benzene rings is 4. The second-order valence-corrected chi connectivity index (χ2v) is 21.9. The minimum absolute atomic E-state index is 0.0719. The van der Waals surface area contributed by atoms with Gasteiger partial charge in [0.2, 0.25) is 11.8 Å². The molecule has 14 heteroatoms. The minimum Gasteiger partial charge on any atom is -0.453 e. The molecular formula is C58H68N8O6. The van der Waals surface area contributed by atoms with E-state index in [9.17, 15) is 19.2 Å². The molecule has 4 aromatic carbocycles. The van der Waals surface area contributed by atoms with Gasteiger partial charge in [0.25, 0.3) is 0 Å². The zero-order valence-corrected chi connectivity index (χ0v) is 42.4. The average molecular weight is 973 g/mol. The molecule has 4 amide bonds. The van der Waals surface area contributed by atoms with E-state index in [0.717, 1.165) is 122 Å². The summed E-state index contributed by atoms with van der Waals surface area (Å²) in [5.41, 5.74) is 13.5. The summed E-state index contributed by atoms with van der Waals surface area (Å²) in [5, 5.41) is 5.65. The Labute approximate surface area is 421 Å². The Morgan fingerprint density at radius 1 is 0.542 bits per heavy atom. The molecule has 4 N–H and O–H groups in total. The van der Waals surface area contributed by atoms with E-state index in [-0.39, 0.29) is 59.7 Å². The fourth-order valence-corrected chi connectivity index (χ4v) is 13.1. The molecule has 6 aromatic rings. The van der Waals surface area contributed by atoms with Crippen molar-refractivity contribution in [1.29, 1.82) is 0 Å². The van der Waals surface area contributed by atoms with Crippen LogP contribution in [0, 0.1) is 23.7 Å². The van der Waals surface area contributed by atoms with Gasteiger partial charge >= 0.3 is 12.2 Å². The zero-order chi connectivity index (χ0) is 49.9. The first kappa shape index (κ1) is 47.6. The minimum atomic E-state index is -0.691. The van der Waals surface area contributed by atoms with Crippen LogP contribution in [0.15, 0.2) is 72.8 Å². The summed E-state index contributed by atoms with van der Waals surface area (Å²) in [6, 6.07) is 25.5. The number of hydrogen-bond donors (Lipinski definition) is 4. The highest BCUT2D eigenvalue weighted by atomic mass is 16.5. The van der Waals surface area contributed by atoms with Gasteiger partial charge in [0.1, 0.15) is 23.7 Å². The van der Waals surface area contributed by atoms with Crippen LogP contribution in [0.1, 0.15) is 125 Å². The third kappa shape index (κ3) is 8.78. The normalized spacial score (nSPS) is 23.3. The first-order valence-corrected chi connectivity index (χ1v) is 26.4. The Balaban J connectivity index is 0.851. The van der Waals surface area contributed by atoms with E-state index in [4.69, 9.17) is 19.4 Å². The predicted octanol–water partition coefficient (Wildman–Crippen LogP) is 10.3. The third-order valence-corrected chi connectivity index (χ3v) is 17.0. The number of imidazole rings is 2. The zero-order valence-electron chi connectivity index (χ0n) is 42.4. The number of rotatable bonds is 10. The summed E-state index contributed by atoms with van der Waals surface area (Å²) in [7, 11) is 2.66. The number of fused-ring (bicyclic) bond motifs is 8. The number of ether oxygens (including phenoxy) is 2. The number of methoxy groups -OCH3 is 2. The number of nitrogens with one attached hydrogen (secondary N) is 4. The van der Waals surface area contributed by atoms with Crippen LogP contribution in [0.4, 0.5) is 9.59 Å². The molecule has 2 aromatic heterocycles. The van der Waals surface area contributed by atoms with E-state index >= 15 is 0 Å². The van der Waals surface area contributed by atoms with Crippen molar-refractivity contribution >= 4 is 46.1 Å². The van der Waals surface area contributed by atoms with Gasteiger partial charge in [0, 0.05) is 12.1 Å². The van der Waals surface area contributed by atoms with Crippen molar-refractivity contribution in [2.24, 2.45) is 23.7 Å². The van der Waals surface area contributed by atoms with Crippen LogP contribution in [-0.4, -0.2) is 92.1 Å². The van der Waals surface area contributed by atoms with E-state index in [2.05, 4.69) is 93.4 Å². The largest absolute Gasteiger partial charge is 0.453 e. The van der Waals surface area contributed by atoms with Gasteiger partial charge in [-0.3, -0.25) is 9.59 Å². The molecule has 72 heavy (non-hydrogen) atoms. The summed E-state index contributed by atoms with van der Waals surface area (Å²) in [6.45, 7) is 7.83. The van der Waals surface area contributed by atoms with Gasteiger partial charge in [0.15, 0.2) is 0 Å². The van der Waals surface area contributed by atoms with Crippen LogP contribution in [-0.2, 0) is 44.7 Å². The molecule has 0 unspecified atom stereocenters. The van der Waals surface area contributed by atoms with Gasteiger partial charge in [-0.2, -0.15) is 0 Å². The molecule has 6 heterocycles. The highest BCUT2D eigenvalue weighted by Gasteiger charge is 2.50. The predicted molar refractivity (Wildman–Crippen MR) is 277 cm³/mol. The molecule has 376 valence electrons. The Kier molecular flexibility index (Phi) is 12.8. The van der Waals surface area contributed by atoms with Crippen molar-refractivity contribution in [3.63, 3.8) is 0 Å². The number of aromatic amines is 2. The number of hydrogen-bond acceptors (Lipinski definition) is 8. The fourth-order valence-electron chi connectivity index (χ4n) is 13.1. The third-order valence-electron chi connectivity index (χ3n) is 17.0. The molecule has 4 atom stereocenters. The van der Waals surface area contributed by atoms with Crippen LogP contribution >= 0.6 is 0 Å². The smallest absolute Gasteiger partial charge is 0.407 e. The van der Waals surface area contributed by atoms with Gasteiger partial charge in [0.05, 0.1) is 48.4 Å². The lowest BCUT2D eigenvalue weighted by Gasteiger charge is -2.51. The molecule has 4 saturated heterocycles. The Morgan fingerprint density at radius 3 is 1.32 bits per heavy atom. The van der Waals surface area contributed by atoms with Gasteiger partial charge in [-0.05, 0) is 169 Å². The quantitative estimate of drug-likeness (QED) is 0.105. The topological polar surface area (TPSA) is 175 Å². The molecule has 16 rings (SSSR count). The van der Waals surface area contributed by atoms with Crippen molar-refractivity contribution in [3.8, 4) is 22.3 Å². The number of alkyl carbamates (subject to hydrolysis) is 2. The highest BCUT2D eigenvalue weighted by Crippen LogP contribution is 2.49. The molecule has 0 radical (unpaired) electrons. The highest BCUT2D eigenvalue weighted by molar-refractivity contribution is 5.89. The van der Waals surface area contributed by atoms with Crippen molar-refractivity contribution in [2.75, 3.05) is 14.2 Å². The lowest BCUT2D eigenvalue weighted by molar-refractivity contribution is -0.149. The molecule has 4 aliphatic heterocycles. The average Bonchev–Trinajstić information content (AvgIpc) is 4.03. The van der Waals surface area contributed by atoms with Gasteiger partial charge in [-0.1, -0.05) is 76.2 Å². The van der Waals surface area contributed by atoms with Crippen molar-refractivity contribution in [1.82, 2.24) is 40.4 Å². The second-order valence-electron chi connectivity index (χ2n) is 21.9. The maximum atomic E-state index is 14.4. The van der Waals surface area contributed by atoms with Gasteiger partial charge in [-0.25, -0.2) is 19.6 Å². The number of carbonyl (C=O) groups excluding carboxylic acids is 4. The molecule has 6 fully saturated rings. The lowest BCUT2D eigenvalue weighted by Crippen LogP contribution is -2.59. The summed E-state index contributed by atoms with van der Waals surface area (Å²) < 4.78 is 9.83. The Bertz CT molecular complexity index is 2850. The lowest BCUT2D eigenvalue weighted by atomic mass is 9.73. The SMILES string of the molecule is COC(=O)N[C@H](C(=O)N1C2CCC(CC2)[C@H]1c1nc2ccc(-c3cc4ccc3CCc3ccc(c(-c5ccc6nc([C@@H]7C8CCC(CC8)N7C(=O)[C@@H](NC(=O)OC)C(C)C)[nH]c6c5)c3)CC4)cc2[nH]1)C(C)C. The van der Waals surface area contributed by atoms with Crippen LogP contribution in [0.2, 0.25) is 0 Å². The maximum absolute atomic E-state index is 14.4. The van der Waals surface area contributed by atoms with Crippen molar-refractivity contribution in [3.05, 3.63) is 107 Å². The van der Waals surface area contributed by atoms with Gasteiger partial charge < -0.3 is 39.9 Å². The molecule has 10 aliphatic rings. The number of carbonyl (C=O) groups is 4. The summed E-state index contributed by atoms with van der Waals surface area (Å²) >= 11 is 0. The van der Waals surface area contributed by atoms with E-state index in [1.807, 2.05) is 37.5 Å².